The lowest BCUT2D eigenvalue weighted by Crippen LogP contribution is -2.30. The van der Waals surface area contributed by atoms with Gasteiger partial charge in [0, 0.05) is 26.1 Å². The van der Waals surface area contributed by atoms with Gasteiger partial charge in [0.05, 0.1) is 12.0 Å². The summed E-state index contributed by atoms with van der Waals surface area (Å²) in [5.41, 5.74) is 0.729. The van der Waals surface area contributed by atoms with Gasteiger partial charge in [0.15, 0.2) is 18.1 Å². The van der Waals surface area contributed by atoms with Gasteiger partial charge in [-0.15, -0.1) is 0 Å². The van der Waals surface area contributed by atoms with Crippen LogP contribution in [-0.4, -0.2) is 47.0 Å². The van der Waals surface area contributed by atoms with E-state index in [4.69, 9.17) is 9.47 Å². The van der Waals surface area contributed by atoms with Crippen LogP contribution >= 0.6 is 0 Å². The van der Waals surface area contributed by atoms with E-state index >= 15 is 0 Å². The summed E-state index contributed by atoms with van der Waals surface area (Å²) in [5, 5.41) is 5.31. The van der Waals surface area contributed by atoms with Gasteiger partial charge in [-0.3, -0.25) is 9.59 Å². The molecule has 0 aliphatic rings. The molecular formula is C21H26FN3O6S. The van der Waals surface area contributed by atoms with E-state index in [0.717, 1.165) is 29.8 Å². The summed E-state index contributed by atoms with van der Waals surface area (Å²) in [6.45, 7) is 2.25. The minimum Gasteiger partial charge on any atom is -0.493 e. The molecule has 0 aliphatic heterocycles. The average molecular weight is 468 g/mol. The number of hydrogen-bond donors (Lipinski definition) is 3. The van der Waals surface area contributed by atoms with E-state index in [1.807, 2.05) is 6.92 Å². The van der Waals surface area contributed by atoms with Crippen molar-refractivity contribution in [3.8, 4) is 11.5 Å². The molecule has 0 saturated carbocycles. The second-order valence-electron chi connectivity index (χ2n) is 6.61. The number of methoxy groups -OCH3 is 1. The zero-order chi connectivity index (χ0) is 23.6. The van der Waals surface area contributed by atoms with E-state index in [1.165, 1.54) is 7.11 Å². The zero-order valence-electron chi connectivity index (χ0n) is 17.8. The second-order valence-corrected chi connectivity index (χ2v) is 8.37. The summed E-state index contributed by atoms with van der Waals surface area (Å²) in [6.07, 6.45) is -0.0781. The molecule has 2 aromatic rings. The van der Waals surface area contributed by atoms with E-state index in [9.17, 15) is 22.4 Å². The minimum absolute atomic E-state index is 0.0781. The first kappa shape index (κ1) is 25.1. The highest BCUT2D eigenvalue weighted by molar-refractivity contribution is 7.89. The number of halogens is 1. The SMILES string of the molecule is CCNC(=O)COc1ccc(CNC(=O)CCNS(=O)(=O)c2ccc(F)cc2)cc1OC. The van der Waals surface area contributed by atoms with Crippen molar-refractivity contribution in [2.45, 2.75) is 24.8 Å². The molecule has 0 bridgehead atoms. The monoisotopic (exact) mass is 467 g/mol. The van der Waals surface area contributed by atoms with E-state index in [-0.39, 0.29) is 42.8 Å². The van der Waals surface area contributed by atoms with Gasteiger partial charge in [0.25, 0.3) is 5.91 Å². The molecule has 0 heterocycles. The van der Waals surface area contributed by atoms with E-state index < -0.39 is 15.8 Å². The highest BCUT2D eigenvalue weighted by Crippen LogP contribution is 2.28. The number of amides is 2. The van der Waals surface area contributed by atoms with Crippen LogP contribution in [-0.2, 0) is 26.2 Å². The predicted molar refractivity (Wildman–Crippen MR) is 115 cm³/mol. The van der Waals surface area contributed by atoms with Gasteiger partial charge >= 0.3 is 0 Å². The Morgan fingerprint density at radius 3 is 2.38 bits per heavy atom. The Morgan fingerprint density at radius 2 is 1.72 bits per heavy atom. The summed E-state index contributed by atoms with van der Waals surface area (Å²) in [4.78, 5) is 23.5. The number of carbonyl (C=O) groups excluding carboxylic acids is 2. The van der Waals surface area contributed by atoms with Crippen LogP contribution in [0.5, 0.6) is 11.5 Å². The number of ether oxygens (including phenoxy) is 2. The lowest BCUT2D eigenvalue weighted by Gasteiger charge is -2.12. The summed E-state index contributed by atoms with van der Waals surface area (Å²) < 4.78 is 50.2. The Labute approximate surface area is 186 Å². The lowest BCUT2D eigenvalue weighted by molar-refractivity contribution is -0.123. The van der Waals surface area contributed by atoms with Gasteiger partial charge in [-0.2, -0.15) is 0 Å². The number of sulfonamides is 1. The fourth-order valence-electron chi connectivity index (χ4n) is 2.62. The smallest absolute Gasteiger partial charge is 0.257 e. The average Bonchev–Trinajstić information content (AvgIpc) is 2.77. The molecule has 9 nitrogen and oxygen atoms in total. The first-order chi connectivity index (χ1) is 15.2. The molecule has 0 spiro atoms. The van der Waals surface area contributed by atoms with Crippen molar-refractivity contribution in [1.29, 1.82) is 0 Å². The third kappa shape index (κ3) is 7.82. The number of likely N-dealkylation sites (N-methyl/N-ethyl adjacent to an activating group) is 1. The number of rotatable bonds is 12. The summed E-state index contributed by atoms with van der Waals surface area (Å²) in [5.74, 6) is -0.345. The van der Waals surface area contributed by atoms with Gasteiger partial charge in [-0.1, -0.05) is 6.07 Å². The van der Waals surface area contributed by atoms with E-state index in [2.05, 4.69) is 15.4 Å². The Balaban J connectivity index is 1.82. The topological polar surface area (TPSA) is 123 Å². The Bertz CT molecular complexity index is 1030. The molecule has 3 N–H and O–H groups in total. The van der Waals surface area contributed by atoms with Crippen LogP contribution in [0, 0.1) is 5.82 Å². The van der Waals surface area contributed by atoms with Gasteiger partial charge in [-0.25, -0.2) is 17.5 Å². The van der Waals surface area contributed by atoms with Crippen molar-refractivity contribution in [2.24, 2.45) is 0 Å². The molecule has 0 atom stereocenters. The third-order valence-electron chi connectivity index (χ3n) is 4.22. The molecule has 0 saturated heterocycles. The lowest BCUT2D eigenvalue weighted by atomic mass is 10.2. The Hall–Kier alpha value is -3.18. The maximum atomic E-state index is 12.9. The van der Waals surface area contributed by atoms with Gasteiger partial charge in [-0.05, 0) is 48.9 Å². The van der Waals surface area contributed by atoms with Crippen molar-refractivity contribution in [1.82, 2.24) is 15.4 Å². The number of carbonyl (C=O) groups is 2. The predicted octanol–water partition coefficient (Wildman–Crippen LogP) is 1.33. The molecule has 174 valence electrons. The molecule has 32 heavy (non-hydrogen) atoms. The minimum atomic E-state index is -3.82. The van der Waals surface area contributed by atoms with Crippen molar-refractivity contribution < 1.29 is 31.9 Å². The molecule has 2 aromatic carbocycles. The molecule has 0 aromatic heterocycles. The zero-order valence-corrected chi connectivity index (χ0v) is 18.6. The first-order valence-corrected chi connectivity index (χ1v) is 11.3. The normalized spacial score (nSPS) is 11.0. The fraction of sp³-hybridized carbons (Fsp3) is 0.333. The van der Waals surface area contributed by atoms with Crippen LogP contribution in [0.4, 0.5) is 4.39 Å². The molecule has 0 radical (unpaired) electrons. The van der Waals surface area contributed by atoms with Gasteiger partial charge in [0.1, 0.15) is 5.82 Å². The fourth-order valence-corrected chi connectivity index (χ4v) is 3.65. The van der Waals surface area contributed by atoms with Crippen molar-refractivity contribution in [2.75, 3.05) is 26.8 Å². The first-order valence-electron chi connectivity index (χ1n) is 9.83. The Morgan fingerprint density at radius 1 is 1.00 bits per heavy atom. The second kappa shape index (κ2) is 12.0. The molecule has 11 heteroatoms. The van der Waals surface area contributed by atoms with E-state index in [1.54, 1.807) is 18.2 Å². The van der Waals surface area contributed by atoms with Crippen LogP contribution in [0.2, 0.25) is 0 Å². The summed E-state index contributed by atoms with van der Waals surface area (Å²) in [6, 6.07) is 9.41. The number of hydrogen-bond acceptors (Lipinski definition) is 6. The molecule has 0 unspecified atom stereocenters. The number of nitrogens with one attached hydrogen (secondary N) is 3. The van der Waals surface area contributed by atoms with Crippen molar-refractivity contribution >= 4 is 21.8 Å². The van der Waals surface area contributed by atoms with Crippen LogP contribution in [0.1, 0.15) is 18.9 Å². The number of benzene rings is 2. The van der Waals surface area contributed by atoms with E-state index in [0.29, 0.717) is 18.0 Å². The highest BCUT2D eigenvalue weighted by atomic mass is 32.2. The molecule has 2 amide bonds. The molecule has 0 fully saturated rings. The summed E-state index contributed by atoms with van der Waals surface area (Å²) in [7, 11) is -2.36. The highest BCUT2D eigenvalue weighted by Gasteiger charge is 2.14. The van der Waals surface area contributed by atoms with Crippen LogP contribution in [0.3, 0.4) is 0 Å². The van der Waals surface area contributed by atoms with Crippen molar-refractivity contribution in [3.63, 3.8) is 0 Å². The molecule has 0 aliphatic carbocycles. The van der Waals surface area contributed by atoms with Crippen LogP contribution in [0.25, 0.3) is 0 Å². The Kier molecular flexibility index (Phi) is 9.41. The van der Waals surface area contributed by atoms with Gasteiger partial charge < -0.3 is 20.1 Å². The van der Waals surface area contributed by atoms with Crippen LogP contribution in [0.15, 0.2) is 47.4 Å². The third-order valence-corrected chi connectivity index (χ3v) is 5.70. The standard InChI is InChI=1S/C21H26FN3O6S/c1-3-23-21(27)14-31-18-9-4-15(12-19(18)30-2)13-24-20(26)10-11-25-32(28,29)17-7-5-16(22)6-8-17/h4-9,12,25H,3,10-11,13-14H2,1-2H3,(H,23,27)(H,24,26). The van der Waals surface area contributed by atoms with Gasteiger partial charge in [0.2, 0.25) is 15.9 Å². The summed E-state index contributed by atoms with van der Waals surface area (Å²) >= 11 is 0. The largest absolute Gasteiger partial charge is 0.493 e. The molecule has 2 rings (SSSR count). The van der Waals surface area contributed by atoms with Crippen molar-refractivity contribution in [3.05, 3.63) is 53.8 Å². The quantitative estimate of drug-likeness (QED) is 0.433. The van der Waals surface area contributed by atoms with Crippen LogP contribution < -0.4 is 24.8 Å². The molecular weight excluding hydrogens is 441 g/mol. The maximum Gasteiger partial charge on any atom is 0.257 e. The maximum absolute atomic E-state index is 12.9.